The van der Waals surface area contributed by atoms with Crippen LogP contribution in [-0.4, -0.2) is 24.2 Å². The molecule has 1 rings (SSSR count). The van der Waals surface area contributed by atoms with Crippen LogP contribution in [0, 0.1) is 6.92 Å². The molecule has 0 bridgehead atoms. The third-order valence-electron chi connectivity index (χ3n) is 2.04. The average Bonchev–Trinajstić information content (AvgIpc) is 2.23. The summed E-state index contributed by atoms with van der Waals surface area (Å²) in [6.07, 6.45) is 0. The van der Waals surface area contributed by atoms with Crippen molar-refractivity contribution in [2.24, 2.45) is 0 Å². The van der Waals surface area contributed by atoms with Crippen molar-refractivity contribution < 1.29 is 14.6 Å². The fourth-order valence-corrected chi connectivity index (χ4v) is 1.40. The molecule has 0 radical (unpaired) electrons. The first kappa shape index (κ1) is 12.5. The summed E-state index contributed by atoms with van der Waals surface area (Å²) in [6.45, 7) is 4.33. The van der Waals surface area contributed by atoms with E-state index in [2.05, 4.69) is 5.32 Å². The molecule has 0 atom stereocenters. The lowest BCUT2D eigenvalue weighted by molar-refractivity contribution is -0.119. The summed E-state index contributed by atoms with van der Waals surface area (Å²) in [4.78, 5) is 10.6. The van der Waals surface area contributed by atoms with E-state index in [4.69, 9.17) is 9.84 Å². The molecule has 0 unspecified atom stereocenters. The largest absolute Gasteiger partial charge is 0.492 e. The van der Waals surface area contributed by atoms with Gasteiger partial charge in [0.05, 0.1) is 13.2 Å². The number of hydrogen-bond acceptors (Lipinski definition) is 3. The molecule has 1 aromatic rings. The van der Waals surface area contributed by atoms with E-state index in [0.29, 0.717) is 13.2 Å². The van der Waals surface area contributed by atoms with Gasteiger partial charge in [-0.15, -0.1) is 0 Å². The molecule has 0 aliphatic carbocycles. The van der Waals surface area contributed by atoms with Gasteiger partial charge in [0, 0.05) is 6.92 Å². The van der Waals surface area contributed by atoms with Gasteiger partial charge in [-0.2, -0.15) is 0 Å². The van der Waals surface area contributed by atoms with Gasteiger partial charge >= 0.3 is 0 Å². The molecule has 0 aliphatic rings. The molecule has 1 aromatic carbocycles. The number of aryl methyl sites for hydroxylation is 1. The molecule has 1 amide bonds. The van der Waals surface area contributed by atoms with Crippen LogP contribution in [0.25, 0.3) is 0 Å². The minimum Gasteiger partial charge on any atom is -0.492 e. The van der Waals surface area contributed by atoms with E-state index < -0.39 is 0 Å². The van der Waals surface area contributed by atoms with Crippen LogP contribution >= 0.6 is 0 Å². The number of benzene rings is 1. The van der Waals surface area contributed by atoms with Crippen LogP contribution in [0.1, 0.15) is 18.1 Å². The standard InChI is InChI=1S/C12H17NO3/c1-9-5-11(8-14)7-12(6-9)16-4-3-13-10(2)15/h5-7,14H,3-4,8H2,1-2H3,(H,13,15). The molecule has 88 valence electrons. The lowest BCUT2D eigenvalue weighted by Crippen LogP contribution is -2.25. The van der Waals surface area contributed by atoms with Crippen molar-refractivity contribution in [3.63, 3.8) is 0 Å². The Hall–Kier alpha value is -1.55. The zero-order chi connectivity index (χ0) is 12.0. The molecule has 0 fully saturated rings. The van der Waals surface area contributed by atoms with Crippen LogP contribution in [0.3, 0.4) is 0 Å². The minimum atomic E-state index is -0.0658. The van der Waals surface area contributed by atoms with Gasteiger partial charge in [-0.1, -0.05) is 6.07 Å². The van der Waals surface area contributed by atoms with Crippen LogP contribution in [0.2, 0.25) is 0 Å². The summed E-state index contributed by atoms with van der Waals surface area (Å²) < 4.78 is 5.45. The van der Waals surface area contributed by atoms with Gasteiger partial charge in [0.2, 0.25) is 5.91 Å². The first-order valence-corrected chi connectivity index (χ1v) is 5.20. The summed E-state index contributed by atoms with van der Waals surface area (Å²) in [7, 11) is 0. The maximum atomic E-state index is 10.6. The van der Waals surface area contributed by atoms with E-state index in [1.54, 1.807) is 6.07 Å². The molecular formula is C12H17NO3. The number of carbonyl (C=O) groups excluding carboxylic acids is 1. The van der Waals surface area contributed by atoms with Crippen molar-refractivity contribution in [3.05, 3.63) is 29.3 Å². The van der Waals surface area contributed by atoms with Crippen LogP contribution in [0.4, 0.5) is 0 Å². The fraction of sp³-hybridized carbons (Fsp3) is 0.417. The summed E-state index contributed by atoms with van der Waals surface area (Å²) in [5.74, 6) is 0.651. The molecular weight excluding hydrogens is 206 g/mol. The molecule has 0 heterocycles. The van der Waals surface area contributed by atoms with E-state index in [1.807, 2.05) is 19.1 Å². The second-order valence-electron chi connectivity index (χ2n) is 3.64. The van der Waals surface area contributed by atoms with Crippen LogP contribution in [0.5, 0.6) is 5.75 Å². The number of nitrogens with one attached hydrogen (secondary N) is 1. The first-order valence-electron chi connectivity index (χ1n) is 5.20. The van der Waals surface area contributed by atoms with Gasteiger partial charge < -0.3 is 15.2 Å². The minimum absolute atomic E-state index is 0.00371. The van der Waals surface area contributed by atoms with Gasteiger partial charge in [-0.05, 0) is 30.2 Å². The highest BCUT2D eigenvalue weighted by atomic mass is 16.5. The number of rotatable bonds is 5. The molecule has 0 saturated carbocycles. The highest BCUT2D eigenvalue weighted by Crippen LogP contribution is 2.16. The molecule has 4 nitrogen and oxygen atoms in total. The Bertz CT molecular complexity index is 363. The van der Waals surface area contributed by atoms with Crippen LogP contribution in [-0.2, 0) is 11.4 Å². The van der Waals surface area contributed by atoms with Crippen LogP contribution in [0.15, 0.2) is 18.2 Å². The Morgan fingerprint density at radius 3 is 2.81 bits per heavy atom. The van der Waals surface area contributed by atoms with E-state index in [9.17, 15) is 4.79 Å². The summed E-state index contributed by atoms with van der Waals surface area (Å²) in [5.41, 5.74) is 1.87. The number of carbonyl (C=O) groups is 1. The number of aliphatic hydroxyl groups is 1. The number of ether oxygens (including phenoxy) is 1. The second kappa shape index (κ2) is 6.12. The van der Waals surface area contributed by atoms with E-state index in [1.165, 1.54) is 6.92 Å². The van der Waals surface area contributed by atoms with E-state index in [-0.39, 0.29) is 12.5 Å². The summed E-state index contributed by atoms with van der Waals surface area (Å²) in [6, 6.07) is 5.59. The monoisotopic (exact) mass is 223 g/mol. The maximum absolute atomic E-state index is 10.6. The zero-order valence-electron chi connectivity index (χ0n) is 9.62. The van der Waals surface area contributed by atoms with Crippen molar-refractivity contribution in [1.82, 2.24) is 5.32 Å². The lowest BCUT2D eigenvalue weighted by Gasteiger charge is -2.09. The van der Waals surface area contributed by atoms with Crippen molar-refractivity contribution in [2.75, 3.05) is 13.2 Å². The van der Waals surface area contributed by atoms with Crippen molar-refractivity contribution in [1.29, 1.82) is 0 Å². The van der Waals surface area contributed by atoms with Crippen molar-refractivity contribution in [2.45, 2.75) is 20.5 Å². The number of hydrogen-bond donors (Lipinski definition) is 2. The van der Waals surface area contributed by atoms with Gasteiger partial charge in [-0.3, -0.25) is 4.79 Å². The van der Waals surface area contributed by atoms with Gasteiger partial charge in [0.15, 0.2) is 0 Å². The van der Waals surface area contributed by atoms with Gasteiger partial charge in [0.1, 0.15) is 12.4 Å². The smallest absolute Gasteiger partial charge is 0.216 e. The van der Waals surface area contributed by atoms with E-state index in [0.717, 1.165) is 16.9 Å². The normalized spacial score (nSPS) is 9.94. The SMILES string of the molecule is CC(=O)NCCOc1cc(C)cc(CO)c1. The molecule has 2 N–H and O–H groups in total. The van der Waals surface area contributed by atoms with Crippen molar-refractivity contribution in [3.8, 4) is 5.75 Å². The highest BCUT2D eigenvalue weighted by molar-refractivity contribution is 5.72. The molecule has 0 spiro atoms. The first-order chi connectivity index (χ1) is 7.61. The topological polar surface area (TPSA) is 58.6 Å². The van der Waals surface area contributed by atoms with Crippen LogP contribution < -0.4 is 10.1 Å². The molecule has 0 aromatic heterocycles. The Kier molecular flexibility index (Phi) is 4.79. The third kappa shape index (κ3) is 4.31. The van der Waals surface area contributed by atoms with Crippen molar-refractivity contribution >= 4 is 5.91 Å². The zero-order valence-corrected chi connectivity index (χ0v) is 9.62. The van der Waals surface area contributed by atoms with Gasteiger partial charge in [-0.25, -0.2) is 0 Å². The average molecular weight is 223 g/mol. The number of aliphatic hydroxyl groups excluding tert-OH is 1. The third-order valence-corrected chi connectivity index (χ3v) is 2.04. The second-order valence-corrected chi connectivity index (χ2v) is 3.64. The summed E-state index contributed by atoms with van der Waals surface area (Å²) in [5, 5.41) is 11.7. The molecule has 0 aliphatic heterocycles. The Morgan fingerprint density at radius 1 is 1.44 bits per heavy atom. The summed E-state index contributed by atoms with van der Waals surface area (Å²) >= 11 is 0. The predicted octanol–water partition coefficient (Wildman–Crippen LogP) is 1.00. The Balaban J connectivity index is 2.47. The quantitative estimate of drug-likeness (QED) is 0.732. The maximum Gasteiger partial charge on any atom is 0.216 e. The Morgan fingerprint density at radius 2 is 2.19 bits per heavy atom. The molecule has 0 saturated heterocycles. The Labute approximate surface area is 95.2 Å². The highest BCUT2D eigenvalue weighted by Gasteiger charge is 1.99. The fourth-order valence-electron chi connectivity index (χ4n) is 1.40. The van der Waals surface area contributed by atoms with E-state index >= 15 is 0 Å². The van der Waals surface area contributed by atoms with Gasteiger partial charge in [0.25, 0.3) is 0 Å². The molecule has 4 heteroatoms. The predicted molar refractivity (Wildman–Crippen MR) is 61.3 cm³/mol. The lowest BCUT2D eigenvalue weighted by atomic mass is 10.1. The molecule has 16 heavy (non-hydrogen) atoms. The number of amides is 1.